The van der Waals surface area contributed by atoms with Crippen LogP contribution < -0.4 is 10.2 Å². The molecule has 1 aliphatic rings. The molecule has 1 saturated carbocycles. The Morgan fingerprint density at radius 3 is 3.00 bits per heavy atom. The summed E-state index contributed by atoms with van der Waals surface area (Å²) >= 11 is 1.25. The van der Waals surface area contributed by atoms with Crippen molar-refractivity contribution in [3.8, 4) is 0 Å². The zero-order valence-electron chi connectivity index (χ0n) is 10.7. The highest BCUT2D eigenvalue weighted by molar-refractivity contribution is 7.07. The smallest absolute Gasteiger partial charge is 0.304 e. The summed E-state index contributed by atoms with van der Waals surface area (Å²) in [6.45, 7) is 5.45. The van der Waals surface area contributed by atoms with Crippen LogP contribution in [0.25, 0.3) is 0 Å². The minimum Gasteiger partial charge on any atom is -0.315 e. The Morgan fingerprint density at radius 2 is 2.35 bits per heavy atom. The number of aromatic nitrogens is 1. The van der Waals surface area contributed by atoms with E-state index in [0.29, 0.717) is 6.04 Å². The SMILES string of the molecule is CC(C)C1CCCC(NCc2csc(=O)[nH]2)C1. The number of H-pyrrole nitrogens is 1. The summed E-state index contributed by atoms with van der Waals surface area (Å²) in [5.74, 6) is 1.66. The van der Waals surface area contributed by atoms with E-state index in [9.17, 15) is 4.79 Å². The Labute approximate surface area is 107 Å². The molecule has 3 nitrogen and oxygen atoms in total. The minimum absolute atomic E-state index is 0.0468. The Kier molecular flexibility index (Phi) is 4.40. The van der Waals surface area contributed by atoms with Crippen molar-refractivity contribution in [3.63, 3.8) is 0 Å². The first-order valence-corrected chi connectivity index (χ1v) is 7.43. The quantitative estimate of drug-likeness (QED) is 0.868. The highest BCUT2D eigenvalue weighted by Crippen LogP contribution is 2.29. The van der Waals surface area contributed by atoms with Crippen molar-refractivity contribution in [2.24, 2.45) is 11.8 Å². The average molecular weight is 254 g/mol. The third-order valence-electron chi connectivity index (χ3n) is 3.81. The summed E-state index contributed by atoms with van der Waals surface area (Å²) in [4.78, 5) is 13.9. The van der Waals surface area contributed by atoms with E-state index < -0.39 is 0 Å². The number of rotatable bonds is 4. The molecule has 0 aromatic carbocycles. The summed E-state index contributed by atoms with van der Waals surface area (Å²) in [7, 11) is 0. The van der Waals surface area contributed by atoms with Crippen molar-refractivity contribution in [2.75, 3.05) is 0 Å². The topological polar surface area (TPSA) is 44.9 Å². The molecule has 2 N–H and O–H groups in total. The van der Waals surface area contributed by atoms with Crippen LogP contribution in [0.3, 0.4) is 0 Å². The van der Waals surface area contributed by atoms with Gasteiger partial charge >= 0.3 is 4.87 Å². The molecule has 96 valence electrons. The molecule has 2 unspecified atom stereocenters. The summed E-state index contributed by atoms with van der Waals surface area (Å²) in [5, 5.41) is 5.49. The summed E-state index contributed by atoms with van der Waals surface area (Å²) in [6, 6.07) is 0.625. The van der Waals surface area contributed by atoms with Crippen LogP contribution in [0.4, 0.5) is 0 Å². The standard InChI is InChI=1S/C13H22N2OS/c1-9(2)10-4-3-5-11(6-10)14-7-12-8-17-13(16)15-12/h8-11,14H,3-7H2,1-2H3,(H,15,16). The number of aromatic amines is 1. The first kappa shape index (κ1) is 12.8. The third kappa shape index (κ3) is 3.68. The molecule has 1 aromatic rings. The molecule has 1 fully saturated rings. The van der Waals surface area contributed by atoms with Crippen molar-refractivity contribution in [2.45, 2.75) is 52.1 Å². The molecule has 0 saturated heterocycles. The molecular formula is C13H22N2OS. The molecule has 0 bridgehead atoms. The normalized spacial score (nSPS) is 25.4. The van der Waals surface area contributed by atoms with Gasteiger partial charge in [-0.1, -0.05) is 38.0 Å². The maximum atomic E-state index is 11.0. The molecule has 2 atom stereocenters. The van der Waals surface area contributed by atoms with Crippen molar-refractivity contribution in [1.82, 2.24) is 10.3 Å². The van der Waals surface area contributed by atoms with E-state index in [4.69, 9.17) is 0 Å². The number of hydrogen-bond acceptors (Lipinski definition) is 3. The van der Waals surface area contributed by atoms with Crippen LogP contribution in [-0.4, -0.2) is 11.0 Å². The van der Waals surface area contributed by atoms with Gasteiger partial charge in [0, 0.05) is 23.7 Å². The van der Waals surface area contributed by atoms with Crippen molar-refractivity contribution >= 4 is 11.3 Å². The lowest BCUT2D eigenvalue weighted by Gasteiger charge is -2.32. The Morgan fingerprint density at radius 1 is 1.53 bits per heavy atom. The minimum atomic E-state index is 0.0468. The van der Waals surface area contributed by atoms with Crippen molar-refractivity contribution in [1.29, 1.82) is 0 Å². The Hall–Kier alpha value is -0.610. The van der Waals surface area contributed by atoms with Gasteiger partial charge in [-0.15, -0.1) is 0 Å². The Bertz CT molecular complexity index is 396. The fraction of sp³-hybridized carbons (Fsp3) is 0.769. The molecule has 4 heteroatoms. The van der Waals surface area contributed by atoms with Crippen LogP contribution in [0.2, 0.25) is 0 Å². The van der Waals surface area contributed by atoms with Crippen LogP contribution in [0, 0.1) is 11.8 Å². The van der Waals surface area contributed by atoms with Gasteiger partial charge in [0.25, 0.3) is 0 Å². The molecule has 0 aliphatic heterocycles. The number of nitrogens with one attached hydrogen (secondary N) is 2. The van der Waals surface area contributed by atoms with Gasteiger partial charge in [0.2, 0.25) is 0 Å². The lowest BCUT2D eigenvalue weighted by Crippen LogP contribution is -2.35. The number of thiazole rings is 1. The molecule has 17 heavy (non-hydrogen) atoms. The second kappa shape index (κ2) is 5.83. The predicted molar refractivity (Wildman–Crippen MR) is 72.4 cm³/mol. The van der Waals surface area contributed by atoms with Crippen LogP contribution in [-0.2, 0) is 6.54 Å². The van der Waals surface area contributed by atoms with Crippen molar-refractivity contribution < 1.29 is 0 Å². The van der Waals surface area contributed by atoms with Crippen LogP contribution in [0.1, 0.15) is 45.2 Å². The first-order chi connectivity index (χ1) is 8.15. The highest BCUT2D eigenvalue weighted by Gasteiger charge is 2.23. The van der Waals surface area contributed by atoms with Crippen LogP contribution in [0.5, 0.6) is 0 Å². The zero-order chi connectivity index (χ0) is 12.3. The molecule has 2 rings (SSSR count). The molecule has 0 radical (unpaired) electrons. The Balaban J connectivity index is 1.81. The zero-order valence-corrected chi connectivity index (χ0v) is 11.5. The summed E-state index contributed by atoms with van der Waals surface area (Å²) in [6.07, 6.45) is 5.27. The van der Waals surface area contributed by atoms with Gasteiger partial charge in [0.15, 0.2) is 0 Å². The average Bonchev–Trinajstić information content (AvgIpc) is 2.73. The maximum absolute atomic E-state index is 11.0. The highest BCUT2D eigenvalue weighted by atomic mass is 32.1. The van der Waals surface area contributed by atoms with Gasteiger partial charge in [-0.25, -0.2) is 0 Å². The predicted octanol–water partition coefficient (Wildman–Crippen LogP) is 2.74. The third-order valence-corrected chi connectivity index (χ3v) is 4.53. The molecule has 1 aliphatic carbocycles. The van der Waals surface area contributed by atoms with E-state index in [1.165, 1.54) is 37.0 Å². The monoisotopic (exact) mass is 254 g/mol. The van der Waals surface area contributed by atoms with Gasteiger partial charge in [0.1, 0.15) is 0 Å². The fourth-order valence-electron chi connectivity index (χ4n) is 2.67. The summed E-state index contributed by atoms with van der Waals surface area (Å²) < 4.78 is 0. The first-order valence-electron chi connectivity index (χ1n) is 6.55. The van der Waals surface area contributed by atoms with Crippen LogP contribution in [0.15, 0.2) is 10.2 Å². The van der Waals surface area contributed by atoms with Gasteiger partial charge in [0.05, 0.1) is 0 Å². The molecule has 1 aromatic heterocycles. The second-order valence-electron chi connectivity index (χ2n) is 5.42. The maximum Gasteiger partial charge on any atom is 0.304 e. The number of hydrogen-bond donors (Lipinski definition) is 2. The molecule has 0 amide bonds. The molecule has 1 heterocycles. The van der Waals surface area contributed by atoms with E-state index in [2.05, 4.69) is 24.1 Å². The van der Waals surface area contributed by atoms with E-state index in [0.717, 1.165) is 24.1 Å². The van der Waals surface area contributed by atoms with E-state index in [-0.39, 0.29) is 4.87 Å². The van der Waals surface area contributed by atoms with Gasteiger partial charge < -0.3 is 10.3 Å². The molecule has 0 spiro atoms. The van der Waals surface area contributed by atoms with E-state index in [1.807, 2.05) is 5.38 Å². The summed E-state index contributed by atoms with van der Waals surface area (Å²) in [5.41, 5.74) is 1.02. The molecular weight excluding hydrogens is 232 g/mol. The second-order valence-corrected chi connectivity index (χ2v) is 6.26. The van der Waals surface area contributed by atoms with Gasteiger partial charge in [-0.05, 0) is 24.7 Å². The fourth-order valence-corrected chi connectivity index (χ4v) is 3.25. The van der Waals surface area contributed by atoms with Gasteiger partial charge in [-0.2, -0.15) is 0 Å². The van der Waals surface area contributed by atoms with Crippen LogP contribution >= 0.6 is 11.3 Å². The van der Waals surface area contributed by atoms with Gasteiger partial charge in [-0.3, -0.25) is 4.79 Å². The van der Waals surface area contributed by atoms with E-state index >= 15 is 0 Å². The lowest BCUT2D eigenvalue weighted by molar-refractivity contribution is 0.230. The lowest BCUT2D eigenvalue weighted by atomic mass is 9.79. The largest absolute Gasteiger partial charge is 0.315 e. The van der Waals surface area contributed by atoms with Crippen molar-refractivity contribution in [3.05, 3.63) is 20.7 Å². The van der Waals surface area contributed by atoms with E-state index in [1.54, 1.807) is 0 Å².